The van der Waals surface area contributed by atoms with Crippen LogP contribution in [-0.2, 0) is 9.53 Å². The summed E-state index contributed by atoms with van der Waals surface area (Å²) >= 11 is 0. The van der Waals surface area contributed by atoms with E-state index in [0.717, 1.165) is 12.8 Å². The molecule has 14 heavy (non-hydrogen) atoms. The molecule has 0 radical (unpaired) electrons. The van der Waals surface area contributed by atoms with Crippen LogP contribution in [0.4, 0.5) is 0 Å². The van der Waals surface area contributed by atoms with Gasteiger partial charge in [-0.3, -0.25) is 4.79 Å². The molecule has 1 N–H and O–H groups in total. The SMILES string of the molecule is CCC(CC)(NC)C(=O)OC(C)(C)C. The van der Waals surface area contributed by atoms with Gasteiger partial charge in [-0.05, 0) is 40.7 Å². The van der Waals surface area contributed by atoms with Crippen LogP contribution in [0, 0.1) is 0 Å². The summed E-state index contributed by atoms with van der Waals surface area (Å²) in [5, 5.41) is 3.06. The lowest BCUT2D eigenvalue weighted by Gasteiger charge is -2.32. The fourth-order valence-electron chi connectivity index (χ4n) is 1.37. The van der Waals surface area contributed by atoms with E-state index in [1.54, 1.807) is 7.05 Å². The molecule has 0 bridgehead atoms. The second kappa shape index (κ2) is 4.78. The molecule has 3 heteroatoms. The van der Waals surface area contributed by atoms with E-state index in [4.69, 9.17) is 4.74 Å². The second-order valence-electron chi connectivity index (χ2n) is 4.54. The third-order valence-electron chi connectivity index (χ3n) is 2.48. The minimum Gasteiger partial charge on any atom is -0.459 e. The first kappa shape index (κ1) is 13.4. The van der Waals surface area contributed by atoms with Crippen molar-refractivity contribution in [1.82, 2.24) is 5.32 Å². The highest BCUT2D eigenvalue weighted by atomic mass is 16.6. The van der Waals surface area contributed by atoms with Gasteiger partial charge in [-0.15, -0.1) is 0 Å². The van der Waals surface area contributed by atoms with Crippen LogP contribution in [0.25, 0.3) is 0 Å². The van der Waals surface area contributed by atoms with Gasteiger partial charge in [0.2, 0.25) is 0 Å². The van der Waals surface area contributed by atoms with Crippen molar-refractivity contribution in [2.75, 3.05) is 7.05 Å². The zero-order valence-electron chi connectivity index (χ0n) is 10.2. The summed E-state index contributed by atoms with van der Waals surface area (Å²) in [7, 11) is 1.80. The van der Waals surface area contributed by atoms with Crippen molar-refractivity contribution in [3.63, 3.8) is 0 Å². The largest absolute Gasteiger partial charge is 0.459 e. The molecule has 0 unspecified atom stereocenters. The standard InChI is InChI=1S/C11H23NO2/c1-7-11(8-2,12-6)9(13)14-10(3,4)5/h12H,7-8H2,1-6H3. The lowest BCUT2D eigenvalue weighted by Crippen LogP contribution is -2.52. The number of carbonyl (C=O) groups excluding carboxylic acids is 1. The van der Waals surface area contributed by atoms with E-state index in [1.807, 2.05) is 34.6 Å². The van der Waals surface area contributed by atoms with Crippen LogP contribution in [-0.4, -0.2) is 24.2 Å². The number of hydrogen-bond acceptors (Lipinski definition) is 3. The minimum absolute atomic E-state index is 0.155. The number of ether oxygens (including phenoxy) is 1. The fourth-order valence-corrected chi connectivity index (χ4v) is 1.37. The molecular formula is C11H23NO2. The maximum Gasteiger partial charge on any atom is 0.326 e. The Bertz CT molecular complexity index is 182. The average molecular weight is 201 g/mol. The summed E-state index contributed by atoms with van der Waals surface area (Å²) in [4.78, 5) is 11.9. The molecule has 0 aromatic heterocycles. The van der Waals surface area contributed by atoms with Crippen molar-refractivity contribution in [2.45, 2.75) is 58.6 Å². The summed E-state index contributed by atoms with van der Waals surface area (Å²) in [6.45, 7) is 9.64. The third-order valence-corrected chi connectivity index (χ3v) is 2.48. The van der Waals surface area contributed by atoms with E-state index in [9.17, 15) is 4.79 Å². The Hall–Kier alpha value is -0.570. The topological polar surface area (TPSA) is 38.3 Å². The molecule has 0 aromatic rings. The highest BCUT2D eigenvalue weighted by Crippen LogP contribution is 2.20. The molecule has 3 nitrogen and oxygen atoms in total. The molecule has 0 amide bonds. The van der Waals surface area contributed by atoms with Crippen molar-refractivity contribution in [1.29, 1.82) is 0 Å². The summed E-state index contributed by atoms with van der Waals surface area (Å²) in [6, 6.07) is 0. The van der Waals surface area contributed by atoms with Gasteiger partial charge in [-0.25, -0.2) is 0 Å². The Labute approximate surface area is 87.2 Å². The van der Waals surface area contributed by atoms with E-state index in [0.29, 0.717) is 0 Å². The normalized spacial score (nSPS) is 12.7. The second-order valence-corrected chi connectivity index (χ2v) is 4.54. The maximum atomic E-state index is 11.9. The van der Waals surface area contributed by atoms with Crippen LogP contribution in [0.1, 0.15) is 47.5 Å². The summed E-state index contributed by atoms with van der Waals surface area (Å²) in [5.74, 6) is -0.155. The summed E-state index contributed by atoms with van der Waals surface area (Å²) in [5.41, 5.74) is -0.934. The molecule has 0 saturated carbocycles. The van der Waals surface area contributed by atoms with Gasteiger partial charge >= 0.3 is 5.97 Å². The molecule has 0 aromatic carbocycles. The minimum atomic E-state index is -0.521. The van der Waals surface area contributed by atoms with Gasteiger partial charge in [0.05, 0.1) is 0 Å². The first-order chi connectivity index (χ1) is 6.31. The Kier molecular flexibility index (Phi) is 4.59. The van der Waals surface area contributed by atoms with Gasteiger partial charge in [0, 0.05) is 0 Å². The first-order valence-corrected chi connectivity index (χ1v) is 5.23. The molecule has 0 saturated heterocycles. The Morgan fingerprint density at radius 2 is 1.64 bits per heavy atom. The zero-order valence-corrected chi connectivity index (χ0v) is 10.2. The van der Waals surface area contributed by atoms with Gasteiger partial charge in [0.1, 0.15) is 11.1 Å². The van der Waals surface area contributed by atoms with Crippen molar-refractivity contribution >= 4 is 5.97 Å². The van der Waals surface area contributed by atoms with Crippen molar-refractivity contribution < 1.29 is 9.53 Å². The van der Waals surface area contributed by atoms with Crippen LogP contribution >= 0.6 is 0 Å². The van der Waals surface area contributed by atoms with E-state index in [2.05, 4.69) is 5.32 Å². The number of likely N-dealkylation sites (N-methyl/N-ethyl adjacent to an activating group) is 1. The first-order valence-electron chi connectivity index (χ1n) is 5.23. The van der Waals surface area contributed by atoms with Crippen LogP contribution in [0.5, 0.6) is 0 Å². The average Bonchev–Trinajstić information content (AvgIpc) is 2.05. The Balaban J connectivity index is 4.61. The van der Waals surface area contributed by atoms with Gasteiger partial charge < -0.3 is 10.1 Å². The number of rotatable bonds is 4. The van der Waals surface area contributed by atoms with Crippen molar-refractivity contribution in [2.24, 2.45) is 0 Å². The fraction of sp³-hybridized carbons (Fsp3) is 0.909. The highest BCUT2D eigenvalue weighted by Gasteiger charge is 2.36. The molecule has 0 aliphatic heterocycles. The van der Waals surface area contributed by atoms with E-state index < -0.39 is 11.1 Å². The van der Waals surface area contributed by atoms with Gasteiger partial charge in [0.25, 0.3) is 0 Å². The molecule has 0 atom stereocenters. The number of nitrogens with one attached hydrogen (secondary N) is 1. The van der Waals surface area contributed by atoms with Gasteiger partial charge in [-0.2, -0.15) is 0 Å². The van der Waals surface area contributed by atoms with Gasteiger partial charge in [-0.1, -0.05) is 13.8 Å². The van der Waals surface area contributed by atoms with Crippen LogP contribution in [0.2, 0.25) is 0 Å². The summed E-state index contributed by atoms with van der Waals surface area (Å²) < 4.78 is 5.37. The van der Waals surface area contributed by atoms with Crippen LogP contribution in [0.15, 0.2) is 0 Å². The lowest BCUT2D eigenvalue weighted by atomic mass is 9.93. The van der Waals surface area contributed by atoms with Crippen molar-refractivity contribution in [3.8, 4) is 0 Å². The smallest absolute Gasteiger partial charge is 0.326 e. The predicted molar refractivity (Wildman–Crippen MR) is 58.2 cm³/mol. The quantitative estimate of drug-likeness (QED) is 0.708. The van der Waals surface area contributed by atoms with Gasteiger partial charge in [0.15, 0.2) is 0 Å². The lowest BCUT2D eigenvalue weighted by molar-refractivity contribution is -0.163. The molecule has 0 heterocycles. The number of carbonyl (C=O) groups is 1. The van der Waals surface area contributed by atoms with Crippen molar-refractivity contribution in [3.05, 3.63) is 0 Å². The highest BCUT2D eigenvalue weighted by molar-refractivity contribution is 5.81. The Morgan fingerprint density at radius 1 is 1.21 bits per heavy atom. The van der Waals surface area contributed by atoms with Crippen LogP contribution < -0.4 is 5.32 Å². The van der Waals surface area contributed by atoms with E-state index >= 15 is 0 Å². The molecule has 0 aliphatic rings. The Morgan fingerprint density at radius 3 is 1.86 bits per heavy atom. The monoisotopic (exact) mass is 201 g/mol. The zero-order chi connectivity index (χ0) is 11.4. The molecule has 0 rings (SSSR count). The third kappa shape index (κ3) is 3.29. The molecule has 84 valence electrons. The molecule has 0 fully saturated rings. The van der Waals surface area contributed by atoms with E-state index in [-0.39, 0.29) is 5.97 Å². The number of hydrogen-bond donors (Lipinski definition) is 1. The number of esters is 1. The molecule has 0 spiro atoms. The summed E-state index contributed by atoms with van der Waals surface area (Å²) in [6.07, 6.45) is 1.49. The maximum absolute atomic E-state index is 11.9. The molecule has 0 aliphatic carbocycles. The molecular weight excluding hydrogens is 178 g/mol. The predicted octanol–water partition coefficient (Wildman–Crippen LogP) is 2.11. The van der Waals surface area contributed by atoms with Crippen LogP contribution in [0.3, 0.4) is 0 Å². The van der Waals surface area contributed by atoms with E-state index in [1.165, 1.54) is 0 Å².